The van der Waals surface area contributed by atoms with Crippen molar-refractivity contribution >= 4 is 44.1 Å². The molecular formula is C14H23Cl2NO7P2. The van der Waals surface area contributed by atoms with E-state index in [0.29, 0.717) is 24.8 Å². The lowest BCUT2D eigenvalue weighted by molar-refractivity contribution is 0.121. The van der Waals surface area contributed by atoms with Crippen LogP contribution in [0.2, 0.25) is 0 Å². The monoisotopic (exact) mass is 449 g/mol. The molecule has 150 valence electrons. The fraction of sp³-hybridized carbons (Fsp3) is 0.571. The maximum atomic E-state index is 11.3. The normalized spacial score (nSPS) is 13.0. The van der Waals surface area contributed by atoms with E-state index in [0.717, 1.165) is 11.3 Å². The average molecular weight is 450 g/mol. The molecule has 0 spiro atoms. The van der Waals surface area contributed by atoms with E-state index < -0.39 is 26.7 Å². The number of aliphatic hydroxyl groups is 1. The van der Waals surface area contributed by atoms with E-state index in [1.54, 1.807) is 12.1 Å². The summed E-state index contributed by atoms with van der Waals surface area (Å²) in [6, 6.07) is 7.26. The number of nitrogens with zero attached hydrogens (tertiary/aromatic N) is 1. The second-order valence-corrected chi connectivity index (χ2v) is 10.5. The van der Waals surface area contributed by atoms with Crippen LogP contribution in [-0.4, -0.2) is 54.6 Å². The Morgan fingerprint density at radius 2 is 1.38 bits per heavy atom. The Balaban J connectivity index is 2.76. The molecule has 1 aromatic rings. The van der Waals surface area contributed by atoms with Crippen molar-refractivity contribution in [1.29, 1.82) is 0 Å². The highest BCUT2D eigenvalue weighted by atomic mass is 35.5. The number of hydrogen-bond donors (Lipinski definition) is 5. The quantitative estimate of drug-likeness (QED) is 0.256. The lowest BCUT2D eigenvalue weighted by atomic mass is 10.1. The number of hydrogen-bond acceptors (Lipinski definition) is 4. The third-order valence-electron chi connectivity index (χ3n) is 3.92. The van der Waals surface area contributed by atoms with E-state index in [1.165, 1.54) is 0 Å². The molecule has 0 saturated carbocycles. The van der Waals surface area contributed by atoms with E-state index in [1.807, 2.05) is 17.0 Å². The van der Waals surface area contributed by atoms with E-state index in [4.69, 9.17) is 42.8 Å². The Labute approximate surface area is 162 Å². The number of benzene rings is 1. The summed E-state index contributed by atoms with van der Waals surface area (Å²) in [6.07, 6.45) is -0.458. The smallest absolute Gasteiger partial charge is 0.369 e. The van der Waals surface area contributed by atoms with Crippen LogP contribution in [0.25, 0.3) is 0 Å². The molecule has 5 N–H and O–H groups in total. The van der Waals surface area contributed by atoms with Crippen LogP contribution in [0.1, 0.15) is 18.4 Å². The molecule has 0 atom stereocenters. The molecule has 0 aliphatic carbocycles. The maximum Gasteiger partial charge on any atom is 0.369 e. The molecule has 12 heteroatoms. The largest absolute Gasteiger partial charge is 0.369 e. The first-order valence-electron chi connectivity index (χ1n) is 7.76. The number of rotatable bonds is 11. The highest BCUT2D eigenvalue weighted by molar-refractivity contribution is 7.72. The molecule has 0 radical (unpaired) electrons. The molecule has 0 fully saturated rings. The van der Waals surface area contributed by atoms with Crippen LogP contribution >= 0.6 is 38.4 Å². The van der Waals surface area contributed by atoms with Gasteiger partial charge in [-0.1, -0.05) is 12.1 Å². The Morgan fingerprint density at radius 1 is 0.923 bits per heavy atom. The Kier molecular flexibility index (Phi) is 9.08. The lowest BCUT2D eigenvalue weighted by Gasteiger charge is -2.29. The number of anilines is 1. The minimum Gasteiger partial charge on any atom is -0.369 e. The van der Waals surface area contributed by atoms with Crippen molar-refractivity contribution in [2.75, 3.05) is 29.7 Å². The van der Waals surface area contributed by atoms with Crippen LogP contribution in [0.3, 0.4) is 0 Å². The van der Waals surface area contributed by atoms with Crippen molar-refractivity contribution < 1.29 is 33.8 Å². The van der Waals surface area contributed by atoms with E-state index in [2.05, 4.69) is 0 Å². The molecule has 0 bridgehead atoms. The maximum absolute atomic E-state index is 11.3. The van der Waals surface area contributed by atoms with Crippen molar-refractivity contribution in [2.24, 2.45) is 0 Å². The molecule has 0 aliphatic rings. The van der Waals surface area contributed by atoms with Gasteiger partial charge in [0.05, 0.1) is 0 Å². The summed E-state index contributed by atoms with van der Waals surface area (Å²) in [6.45, 7) is 1.26. The first-order valence-corrected chi connectivity index (χ1v) is 12.0. The van der Waals surface area contributed by atoms with Crippen LogP contribution in [0, 0.1) is 0 Å². The van der Waals surface area contributed by atoms with E-state index >= 15 is 0 Å². The minimum absolute atomic E-state index is 0.0147. The van der Waals surface area contributed by atoms with E-state index in [9.17, 15) is 14.2 Å². The molecule has 8 nitrogen and oxygen atoms in total. The van der Waals surface area contributed by atoms with Crippen LogP contribution in [0.15, 0.2) is 24.3 Å². The van der Waals surface area contributed by atoms with Gasteiger partial charge in [0, 0.05) is 37.0 Å². The third-order valence-corrected chi connectivity index (χ3v) is 8.14. The zero-order chi connectivity index (χ0) is 20.0. The van der Waals surface area contributed by atoms with Crippen LogP contribution in [0.4, 0.5) is 5.69 Å². The molecule has 0 aromatic heterocycles. The van der Waals surface area contributed by atoms with Gasteiger partial charge < -0.3 is 29.6 Å². The minimum atomic E-state index is -5.41. The fourth-order valence-electron chi connectivity index (χ4n) is 2.44. The molecule has 0 amide bonds. The van der Waals surface area contributed by atoms with Crippen molar-refractivity contribution in [1.82, 2.24) is 0 Å². The molecule has 1 aromatic carbocycles. The summed E-state index contributed by atoms with van der Waals surface area (Å²) >= 11 is 11.5. The van der Waals surface area contributed by atoms with Gasteiger partial charge in [-0.15, -0.1) is 23.2 Å². The zero-order valence-electron chi connectivity index (χ0n) is 13.9. The molecular weight excluding hydrogens is 427 g/mol. The van der Waals surface area contributed by atoms with Crippen LogP contribution < -0.4 is 4.90 Å². The van der Waals surface area contributed by atoms with Gasteiger partial charge in [-0.3, -0.25) is 9.13 Å². The number of alkyl halides is 2. The van der Waals surface area contributed by atoms with Gasteiger partial charge in [0.25, 0.3) is 5.08 Å². The van der Waals surface area contributed by atoms with Crippen molar-refractivity contribution in [3.8, 4) is 0 Å². The number of aryl methyl sites for hydroxylation is 1. The van der Waals surface area contributed by atoms with Crippen molar-refractivity contribution in [3.63, 3.8) is 0 Å². The summed E-state index contributed by atoms with van der Waals surface area (Å²) in [5, 5.41) is 6.48. The Bertz CT molecular complexity index is 634. The summed E-state index contributed by atoms with van der Waals surface area (Å²) < 4.78 is 22.6. The summed E-state index contributed by atoms with van der Waals surface area (Å²) in [5.74, 6) is 0.893. The van der Waals surface area contributed by atoms with Gasteiger partial charge in [0.15, 0.2) is 0 Å². The van der Waals surface area contributed by atoms with Gasteiger partial charge in [0.2, 0.25) is 0 Å². The third kappa shape index (κ3) is 6.20. The summed E-state index contributed by atoms with van der Waals surface area (Å²) in [4.78, 5) is 38.4. The van der Waals surface area contributed by atoms with E-state index in [-0.39, 0.29) is 12.8 Å². The van der Waals surface area contributed by atoms with Crippen molar-refractivity contribution in [3.05, 3.63) is 29.8 Å². The highest BCUT2D eigenvalue weighted by Gasteiger charge is 2.58. The molecule has 0 heterocycles. The lowest BCUT2D eigenvalue weighted by Crippen LogP contribution is -2.28. The van der Waals surface area contributed by atoms with Gasteiger partial charge in [-0.25, -0.2) is 0 Å². The topological polar surface area (TPSA) is 139 Å². The SMILES string of the molecule is O=P(O)(O)C(O)(CCCc1ccc(N(CCCl)CCCl)cc1)P(=O)(O)O. The van der Waals surface area contributed by atoms with Crippen LogP contribution in [-0.2, 0) is 15.6 Å². The predicted molar refractivity (Wildman–Crippen MR) is 102 cm³/mol. The average Bonchev–Trinajstić information content (AvgIpc) is 2.53. The van der Waals surface area contributed by atoms with Gasteiger partial charge in [0.1, 0.15) is 0 Å². The zero-order valence-corrected chi connectivity index (χ0v) is 17.2. The highest BCUT2D eigenvalue weighted by Crippen LogP contribution is 2.69. The molecule has 0 saturated heterocycles. The second-order valence-electron chi connectivity index (χ2n) is 5.75. The Hall–Kier alpha value is -0.140. The van der Waals surface area contributed by atoms with Gasteiger partial charge in [-0.2, -0.15) is 0 Å². The number of halogens is 2. The summed E-state index contributed by atoms with van der Waals surface area (Å²) in [7, 11) is -10.8. The summed E-state index contributed by atoms with van der Waals surface area (Å²) in [5.41, 5.74) is 1.71. The first-order chi connectivity index (χ1) is 12.0. The van der Waals surface area contributed by atoms with Crippen molar-refractivity contribution in [2.45, 2.75) is 24.3 Å². The molecule has 0 aliphatic heterocycles. The molecule has 0 unspecified atom stereocenters. The Morgan fingerprint density at radius 3 is 1.77 bits per heavy atom. The predicted octanol–water partition coefficient (Wildman–Crippen LogP) is 2.29. The second kappa shape index (κ2) is 9.87. The molecule has 26 heavy (non-hydrogen) atoms. The standard InChI is InChI=1S/C14H23Cl2NO7P2/c15-8-10-17(11-9-16)13-5-3-12(4-6-13)2-1-7-14(18,25(19,20)21)26(22,23)24/h3-6,18H,1-2,7-11H2,(H2,19,20,21)(H2,22,23,24). The van der Waals surface area contributed by atoms with Gasteiger partial charge in [-0.05, 0) is 30.5 Å². The van der Waals surface area contributed by atoms with Gasteiger partial charge >= 0.3 is 15.2 Å². The molecule has 1 rings (SSSR count). The van der Waals surface area contributed by atoms with Crippen LogP contribution in [0.5, 0.6) is 0 Å². The fourth-order valence-corrected chi connectivity index (χ4v) is 5.10. The first kappa shape index (κ1) is 23.9.